The Kier molecular flexibility index (Phi) is 3.37. The lowest BCUT2D eigenvalue weighted by molar-refractivity contribution is 0.623. The van der Waals surface area contributed by atoms with Crippen molar-refractivity contribution in [2.75, 3.05) is 6.54 Å². The highest BCUT2D eigenvalue weighted by Crippen LogP contribution is 2.09. The smallest absolute Gasteiger partial charge is 0.0578 e. The van der Waals surface area contributed by atoms with Crippen molar-refractivity contribution >= 4 is 0 Å². The molecule has 0 aromatic heterocycles. The Balaban J connectivity index is 2.55. The highest BCUT2D eigenvalue weighted by Gasteiger charge is 2.00. The van der Waals surface area contributed by atoms with Gasteiger partial charge < -0.3 is 0 Å². The van der Waals surface area contributed by atoms with Crippen LogP contribution in [0.2, 0.25) is 0 Å². The van der Waals surface area contributed by atoms with Crippen molar-refractivity contribution in [3.8, 4) is 12.3 Å². The maximum atomic E-state index is 5.14. The summed E-state index contributed by atoms with van der Waals surface area (Å²) in [6, 6.07) is 10.6. The molecule has 0 aliphatic carbocycles. The van der Waals surface area contributed by atoms with Crippen molar-refractivity contribution in [1.82, 2.24) is 5.32 Å². The second-order valence-corrected chi connectivity index (χ2v) is 2.72. The van der Waals surface area contributed by atoms with Gasteiger partial charge in [-0.15, -0.1) is 6.42 Å². The number of terminal acetylenes is 1. The predicted octanol–water partition coefficient (Wildman–Crippen LogP) is 1.97. The lowest BCUT2D eigenvalue weighted by Crippen LogP contribution is -2.18. The molecule has 1 nitrogen and oxygen atoms in total. The average molecular weight is 159 g/mol. The van der Waals surface area contributed by atoms with Crippen LogP contribution in [-0.2, 0) is 0 Å². The molecular weight excluding hydrogens is 146 g/mol. The molecule has 1 rings (SSSR count). The van der Waals surface area contributed by atoms with Crippen molar-refractivity contribution in [1.29, 1.82) is 0 Å². The summed E-state index contributed by atoms with van der Waals surface area (Å²) in [6.45, 7) is 2.72. The quantitative estimate of drug-likeness (QED) is 0.665. The van der Waals surface area contributed by atoms with E-state index in [2.05, 4.69) is 30.3 Å². The molecule has 12 heavy (non-hydrogen) atoms. The summed E-state index contributed by atoms with van der Waals surface area (Å²) in [5, 5.41) is 3.21. The van der Waals surface area contributed by atoms with E-state index < -0.39 is 0 Å². The van der Waals surface area contributed by atoms with Crippen LogP contribution >= 0.6 is 0 Å². The van der Waals surface area contributed by atoms with E-state index in [9.17, 15) is 0 Å². The third kappa shape index (κ3) is 2.41. The fourth-order valence-electron chi connectivity index (χ4n) is 1.07. The Bertz CT molecular complexity index is 258. The average Bonchev–Trinajstić information content (AvgIpc) is 2.15. The first-order valence-electron chi connectivity index (χ1n) is 4.06. The third-order valence-electron chi connectivity index (χ3n) is 1.81. The standard InChI is InChI=1S/C11H13N/c1-3-9-12-10(2)11-7-5-4-6-8-11/h1,4-8,10,12H,9H2,2H3/t10-/m1/s1. The van der Waals surface area contributed by atoms with Gasteiger partial charge in [0.2, 0.25) is 0 Å². The fraction of sp³-hybridized carbons (Fsp3) is 0.273. The van der Waals surface area contributed by atoms with Crippen LogP contribution in [0.15, 0.2) is 30.3 Å². The fourth-order valence-corrected chi connectivity index (χ4v) is 1.07. The van der Waals surface area contributed by atoms with Crippen LogP contribution in [0.3, 0.4) is 0 Å². The largest absolute Gasteiger partial charge is 0.300 e. The van der Waals surface area contributed by atoms with Gasteiger partial charge in [0.25, 0.3) is 0 Å². The van der Waals surface area contributed by atoms with Gasteiger partial charge in [0.1, 0.15) is 0 Å². The second kappa shape index (κ2) is 4.58. The third-order valence-corrected chi connectivity index (χ3v) is 1.81. The molecule has 0 heterocycles. The Labute approximate surface area is 73.8 Å². The molecule has 1 N–H and O–H groups in total. The predicted molar refractivity (Wildman–Crippen MR) is 51.7 cm³/mol. The molecule has 1 aromatic carbocycles. The van der Waals surface area contributed by atoms with Gasteiger partial charge in [-0.1, -0.05) is 36.3 Å². The molecule has 1 atom stereocenters. The van der Waals surface area contributed by atoms with E-state index in [1.54, 1.807) is 0 Å². The SMILES string of the molecule is C#CCN[C@H](C)c1ccccc1. The first-order chi connectivity index (χ1) is 5.84. The van der Waals surface area contributed by atoms with Gasteiger partial charge in [0.15, 0.2) is 0 Å². The highest BCUT2D eigenvalue weighted by atomic mass is 14.9. The molecule has 0 amide bonds. The Morgan fingerprint density at radius 2 is 2.08 bits per heavy atom. The van der Waals surface area contributed by atoms with Crippen molar-refractivity contribution in [2.24, 2.45) is 0 Å². The zero-order valence-electron chi connectivity index (χ0n) is 7.25. The van der Waals surface area contributed by atoms with Crippen LogP contribution in [0.5, 0.6) is 0 Å². The summed E-state index contributed by atoms with van der Waals surface area (Å²) in [5.74, 6) is 2.56. The van der Waals surface area contributed by atoms with Gasteiger partial charge in [0.05, 0.1) is 6.54 Å². The first kappa shape index (κ1) is 8.83. The maximum absolute atomic E-state index is 5.14. The van der Waals surface area contributed by atoms with Gasteiger partial charge in [0, 0.05) is 6.04 Å². The summed E-state index contributed by atoms with van der Waals surface area (Å²) in [5.41, 5.74) is 1.27. The maximum Gasteiger partial charge on any atom is 0.0578 e. The van der Waals surface area contributed by atoms with E-state index in [4.69, 9.17) is 6.42 Å². The van der Waals surface area contributed by atoms with Crippen molar-refractivity contribution in [3.05, 3.63) is 35.9 Å². The summed E-state index contributed by atoms with van der Waals surface area (Å²) < 4.78 is 0. The monoisotopic (exact) mass is 159 g/mol. The molecule has 0 radical (unpaired) electrons. The highest BCUT2D eigenvalue weighted by molar-refractivity contribution is 5.18. The van der Waals surface area contributed by atoms with E-state index in [0.29, 0.717) is 12.6 Å². The molecule has 0 saturated heterocycles. The van der Waals surface area contributed by atoms with Crippen molar-refractivity contribution in [3.63, 3.8) is 0 Å². The molecule has 0 spiro atoms. The van der Waals surface area contributed by atoms with Gasteiger partial charge in [-0.05, 0) is 12.5 Å². The number of hydrogen-bond acceptors (Lipinski definition) is 1. The molecule has 0 fully saturated rings. The van der Waals surface area contributed by atoms with Gasteiger partial charge in [-0.2, -0.15) is 0 Å². The molecule has 0 aliphatic rings. The van der Waals surface area contributed by atoms with Crippen LogP contribution in [0.1, 0.15) is 18.5 Å². The lowest BCUT2D eigenvalue weighted by Gasteiger charge is -2.11. The Hall–Kier alpha value is -1.26. The van der Waals surface area contributed by atoms with Gasteiger partial charge in [-0.25, -0.2) is 0 Å². The Morgan fingerprint density at radius 1 is 1.42 bits per heavy atom. The molecular formula is C11H13N. The summed E-state index contributed by atoms with van der Waals surface area (Å²) in [7, 11) is 0. The second-order valence-electron chi connectivity index (χ2n) is 2.72. The molecule has 0 unspecified atom stereocenters. The lowest BCUT2D eigenvalue weighted by atomic mass is 10.1. The zero-order chi connectivity index (χ0) is 8.81. The summed E-state index contributed by atoms with van der Waals surface area (Å²) in [4.78, 5) is 0. The molecule has 1 heteroatoms. The van der Waals surface area contributed by atoms with Gasteiger partial charge in [-0.3, -0.25) is 5.32 Å². The number of rotatable bonds is 3. The van der Waals surface area contributed by atoms with Gasteiger partial charge >= 0.3 is 0 Å². The first-order valence-corrected chi connectivity index (χ1v) is 4.06. The molecule has 62 valence electrons. The Morgan fingerprint density at radius 3 is 2.67 bits per heavy atom. The van der Waals surface area contributed by atoms with Crippen LogP contribution in [0.25, 0.3) is 0 Å². The van der Waals surface area contributed by atoms with E-state index >= 15 is 0 Å². The minimum atomic E-state index is 0.335. The van der Waals surface area contributed by atoms with Crippen LogP contribution in [-0.4, -0.2) is 6.54 Å². The van der Waals surface area contributed by atoms with E-state index in [-0.39, 0.29) is 0 Å². The van der Waals surface area contributed by atoms with E-state index in [0.717, 1.165) is 0 Å². The van der Waals surface area contributed by atoms with Crippen LogP contribution in [0, 0.1) is 12.3 Å². The minimum absolute atomic E-state index is 0.335. The number of hydrogen-bond donors (Lipinski definition) is 1. The normalized spacial score (nSPS) is 12.0. The topological polar surface area (TPSA) is 12.0 Å². The van der Waals surface area contributed by atoms with E-state index in [1.807, 2.05) is 18.2 Å². The molecule has 0 bridgehead atoms. The number of nitrogens with one attached hydrogen (secondary N) is 1. The summed E-state index contributed by atoms with van der Waals surface area (Å²) >= 11 is 0. The van der Waals surface area contributed by atoms with Crippen molar-refractivity contribution in [2.45, 2.75) is 13.0 Å². The molecule has 0 saturated carbocycles. The zero-order valence-corrected chi connectivity index (χ0v) is 7.25. The van der Waals surface area contributed by atoms with Crippen molar-refractivity contribution < 1.29 is 0 Å². The number of benzene rings is 1. The molecule has 1 aromatic rings. The molecule has 0 aliphatic heterocycles. The van der Waals surface area contributed by atoms with Crippen LogP contribution < -0.4 is 5.32 Å². The minimum Gasteiger partial charge on any atom is -0.300 e. The van der Waals surface area contributed by atoms with E-state index in [1.165, 1.54) is 5.56 Å². The summed E-state index contributed by atoms with van der Waals surface area (Å²) in [6.07, 6.45) is 5.14. The van der Waals surface area contributed by atoms with Crippen LogP contribution in [0.4, 0.5) is 0 Å².